The van der Waals surface area contributed by atoms with E-state index in [1.165, 1.54) is 5.56 Å². The second-order valence-corrected chi connectivity index (χ2v) is 9.41. The van der Waals surface area contributed by atoms with E-state index in [9.17, 15) is 0 Å². The van der Waals surface area contributed by atoms with Crippen LogP contribution in [0.2, 0.25) is 5.02 Å². The van der Waals surface area contributed by atoms with Gasteiger partial charge in [-0.1, -0.05) is 43.6 Å². The number of hydrogen-bond donors (Lipinski definition) is 1. The molecule has 35 heavy (non-hydrogen) atoms. The first kappa shape index (κ1) is 23.7. The molecule has 0 spiro atoms. The summed E-state index contributed by atoms with van der Waals surface area (Å²) in [6.07, 6.45) is 2.88. The molecule has 2 aromatic carbocycles. The SMILES string of the molecule is CCC(C)c1ccc(Nc2nc(CN3CCOCC3)nc3cc(-c4ncccc4Cl)ccc23)cc1. The molecule has 7 heteroatoms. The second kappa shape index (κ2) is 10.7. The number of pyridine rings is 1. The van der Waals surface area contributed by atoms with Crippen molar-refractivity contribution in [1.82, 2.24) is 19.9 Å². The molecule has 2 aromatic heterocycles. The largest absolute Gasteiger partial charge is 0.379 e. The third-order valence-corrected chi connectivity index (χ3v) is 6.90. The number of hydrogen-bond acceptors (Lipinski definition) is 6. The number of morpholine rings is 1. The molecule has 1 atom stereocenters. The van der Waals surface area contributed by atoms with Gasteiger partial charge in [0.25, 0.3) is 0 Å². The van der Waals surface area contributed by atoms with Gasteiger partial charge in [-0.3, -0.25) is 9.88 Å². The number of anilines is 2. The van der Waals surface area contributed by atoms with Crippen LogP contribution in [0.1, 0.15) is 37.6 Å². The monoisotopic (exact) mass is 487 g/mol. The number of nitrogens with zero attached hydrogens (tertiary/aromatic N) is 4. The first-order chi connectivity index (χ1) is 17.1. The van der Waals surface area contributed by atoms with E-state index in [0.717, 1.165) is 72.2 Å². The second-order valence-electron chi connectivity index (χ2n) is 9.00. The molecule has 1 N–H and O–H groups in total. The maximum Gasteiger partial charge on any atom is 0.145 e. The molecule has 4 aromatic rings. The van der Waals surface area contributed by atoms with Gasteiger partial charge in [0.2, 0.25) is 0 Å². The van der Waals surface area contributed by atoms with E-state index in [1.807, 2.05) is 30.3 Å². The van der Waals surface area contributed by atoms with Crippen LogP contribution >= 0.6 is 11.6 Å². The minimum absolute atomic E-state index is 0.542. The molecule has 1 aliphatic heterocycles. The van der Waals surface area contributed by atoms with Crippen LogP contribution < -0.4 is 5.32 Å². The van der Waals surface area contributed by atoms with Crippen LogP contribution in [0.3, 0.4) is 0 Å². The van der Waals surface area contributed by atoms with Crippen molar-refractivity contribution in [2.45, 2.75) is 32.7 Å². The van der Waals surface area contributed by atoms with Gasteiger partial charge in [0, 0.05) is 35.9 Å². The van der Waals surface area contributed by atoms with Gasteiger partial charge in [0.15, 0.2) is 0 Å². The predicted octanol–water partition coefficient (Wildman–Crippen LogP) is 6.43. The molecular weight excluding hydrogens is 458 g/mol. The van der Waals surface area contributed by atoms with Crippen molar-refractivity contribution in [3.63, 3.8) is 0 Å². The minimum atomic E-state index is 0.542. The fraction of sp³-hybridized carbons (Fsp3) is 0.321. The molecule has 1 fully saturated rings. The van der Waals surface area contributed by atoms with Crippen molar-refractivity contribution in [1.29, 1.82) is 0 Å². The molecule has 180 valence electrons. The van der Waals surface area contributed by atoms with Crippen molar-refractivity contribution < 1.29 is 4.74 Å². The van der Waals surface area contributed by atoms with E-state index < -0.39 is 0 Å². The van der Waals surface area contributed by atoms with E-state index in [0.29, 0.717) is 17.5 Å². The Labute approximate surface area is 211 Å². The molecule has 0 bridgehead atoms. The maximum absolute atomic E-state index is 6.43. The Bertz CT molecular complexity index is 1300. The molecule has 3 heterocycles. The highest BCUT2D eigenvalue weighted by atomic mass is 35.5. The number of nitrogens with one attached hydrogen (secondary N) is 1. The summed E-state index contributed by atoms with van der Waals surface area (Å²) < 4.78 is 5.51. The van der Waals surface area contributed by atoms with Crippen LogP contribution in [0, 0.1) is 0 Å². The van der Waals surface area contributed by atoms with Crippen LogP contribution in [0.15, 0.2) is 60.8 Å². The lowest BCUT2D eigenvalue weighted by molar-refractivity contribution is 0.0331. The zero-order chi connectivity index (χ0) is 24.2. The van der Waals surface area contributed by atoms with Gasteiger partial charge in [-0.05, 0) is 54.3 Å². The summed E-state index contributed by atoms with van der Waals surface area (Å²) in [4.78, 5) is 16.7. The van der Waals surface area contributed by atoms with Gasteiger partial charge in [-0.2, -0.15) is 0 Å². The lowest BCUT2D eigenvalue weighted by Gasteiger charge is -2.26. The number of ether oxygens (including phenoxy) is 1. The topological polar surface area (TPSA) is 63.2 Å². The van der Waals surface area contributed by atoms with E-state index in [-0.39, 0.29) is 0 Å². The summed E-state index contributed by atoms with van der Waals surface area (Å²) in [5.41, 5.74) is 4.89. The standard InChI is InChI=1S/C28H30ClN5O/c1-3-19(2)20-6-9-22(10-7-20)31-28-23-11-8-21(27-24(29)5-4-12-30-27)17-25(23)32-26(33-28)18-34-13-15-35-16-14-34/h4-12,17,19H,3,13-16,18H2,1-2H3,(H,31,32,33). The smallest absolute Gasteiger partial charge is 0.145 e. The van der Waals surface area contributed by atoms with Gasteiger partial charge >= 0.3 is 0 Å². The number of benzene rings is 2. The first-order valence-corrected chi connectivity index (χ1v) is 12.6. The van der Waals surface area contributed by atoms with E-state index >= 15 is 0 Å². The molecule has 1 saturated heterocycles. The average molecular weight is 488 g/mol. The first-order valence-electron chi connectivity index (χ1n) is 12.2. The summed E-state index contributed by atoms with van der Waals surface area (Å²) in [6, 6.07) is 18.4. The average Bonchev–Trinajstić information content (AvgIpc) is 2.89. The van der Waals surface area contributed by atoms with Gasteiger partial charge < -0.3 is 10.1 Å². The Morgan fingerprint density at radius 2 is 1.86 bits per heavy atom. The molecule has 1 unspecified atom stereocenters. The van der Waals surface area contributed by atoms with Crippen molar-refractivity contribution >= 4 is 34.0 Å². The molecule has 6 nitrogen and oxygen atoms in total. The number of fused-ring (bicyclic) bond motifs is 1. The summed E-state index contributed by atoms with van der Waals surface area (Å²) in [6.45, 7) is 8.38. The molecule has 5 rings (SSSR count). The highest BCUT2D eigenvalue weighted by molar-refractivity contribution is 6.33. The Kier molecular flexibility index (Phi) is 7.23. The Morgan fingerprint density at radius 3 is 2.60 bits per heavy atom. The molecule has 0 radical (unpaired) electrons. The highest BCUT2D eigenvalue weighted by Gasteiger charge is 2.16. The molecule has 0 amide bonds. The van der Waals surface area contributed by atoms with Crippen LogP contribution in [0.4, 0.5) is 11.5 Å². The molecule has 0 aliphatic carbocycles. The number of rotatable bonds is 7. The Morgan fingerprint density at radius 1 is 1.06 bits per heavy atom. The van der Waals surface area contributed by atoms with Crippen molar-refractivity contribution in [2.75, 3.05) is 31.6 Å². The van der Waals surface area contributed by atoms with Gasteiger partial charge in [-0.15, -0.1) is 0 Å². The van der Waals surface area contributed by atoms with Crippen molar-refractivity contribution in [2.24, 2.45) is 0 Å². The Hall–Kier alpha value is -3.06. The third kappa shape index (κ3) is 5.45. The quantitative estimate of drug-likeness (QED) is 0.324. The zero-order valence-electron chi connectivity index (χ0n) is 20.2. The molecule has 0 saturated carbocycles. The van der Waals surface area contributed by atoms with Crippen LogP contribution in [0.5, 0.6) is 0 Å². The van der Waals surface area contributed by atoms with Crippen LogP contribution in [0.25, 0.3) is 22.2 Å². The molecule has 1 aliphatic rings. The fourth-order valence-electron chi connectivity index (χ4n) is 4.32. The summed E-state index contributed by atoms with van der Waals surface area (Å²) in [5.74, 6) is 2.12. The highest BCUT2D eigenvalue weighted by Crippen LogP contribution is 2.31. The van der Waals surface area contributed by atoms with Gasteiger partial charge in [0.05, 0.1) is 36.0 Å². The van der Waals surface area contributed by atoms with Crippen molar-refractivity contribution in [3.8, 4) is 11.3 Å². The third-order valence-electron chi connectivity index (χ3n) is 6.60. The van der Waals surface area contributed by atoms with Crippen LogP contribution in [-0.2, 0) is 11.3 Å². The van der Waals surface area contributed by atoms with Gasteiger partial charge in [-0.25, -0.2) is 9.97 Å². The van der Waals surface area contributed by atoms with Crippen LogP contribution in [-0.4, -0.2) is 46.2 Å². The normalized spacial score (nSPS) is 15.3. The van der Waals surface area contributed by atoms with Crippen molar-refractivity contribution in [3.05, 3.63) is 77.2 Å². The fourth-order valence-corrected chi connectivity index (χ4v) is 4.55. The lowest BCUT2D eigenvalue weighted by Crippen LogP contribution is -2.36. The number of aromatic nitrogens is 3. The van der Waals surface area contributed by atoms with E-state index in [1.54, 1.807) is 6.20 Å². The lowest BCUT2D eigenvalue weighted by atomic mass is 9.98. The minimum Gasteiger partial charge on any atom is -0.379 e. The van der Waals surface area contributed by atoms with E-state index in [4.69, 9.17) is 26.3 Å². The maximum atomic E-state index is 6.43. The van der Waals surface area contributed by atoms with Gasteiger partial charge in [0.1, 0.15) is 11.6 Å². The summed E-state index contributed by atoms with van der Waals surface area (Å²) in [7, 11) is 0. The zero-order valence-corrected chi connectivity index (χ0v) is 20.9. The summed E-state index contributed by atoms with van der Waals surface area (Å²) >= 11 is 6.43. The Balaban J connectivity index is 1.53. The summed E-state index contributed by atoms with van der Waals surface area (Å²) in [5, 5.41) is 5.12. The number of halogens is 1. The molecular formula is C28H30ClN5O. The predicted molar refractivity (Wildman–Crippen MR) is 142 cm³/mol. The van der Waals surface area contributed by atoms with E-state index in [2.05, 4.69) is 53.3 Å².